The Morgan fingerprint density at radius 1 is 1.00 bits per heavy atom. The number of cyclic esters (lactones) is 1. The number of rotatable bonds is 5. The van der Waals surface area contributed by atoms with Crippen LogP contribution in [-0.2, 0) is 9.53 Å². The number of benzene rings is 3. The summed E-state index contributed by atoms with van der Waals surface area (Å²) in [6, 6.07) is 14.3. The molecule has 0 aliphatic carbocycles. The van der Waals surface area contributed by atoms with Crippen LogP contribution in [0.25, 0.3) is 6.08 Å². The third-order valence-electron chi connectivity index (χ3n) is 5.08. The third kappa shape index (κ3) is 4.66. The van der Waals surface area contributed by atoms with Crippen molar-refractivity contribution >= 4 is 47.1 Å². The Morgan fingerprint density at radius 2 is 1.83 bits per heavy atom. The van der Waals surface area contributed by atoms with Crippen molar-refractivity contribution in [3.8, 4) is 23.0 Å². The van der Waals surface area contributed by atoms with Crippen LogP contribution in [0.15, 0.2) is 65.3 Å². The molecule has 2 aliphatic heterocycles. The normalized spacial score (nSPS) is 15.1. The molecule has 0 atom stereocenters. The van der Waals surface area contributed by atoms with E-state index in [-0.39, 0.29) is 29.9 Å². The summed E-state index contributed by atoms with van der Waals surface area (Å²) >= 11 is 12.1. The number of hydrogen-bond donors (Lipinski definition) is 0. The maximum atomic E-state index is 12.6. The van der Waals surface area contributed by atoms with Crippen LogP contribution in [-0.4, -0.2) is 31.7 Å². The SMILES string of the molecule is COc1cc(C=C2N=C(c3ccc(Cl)cc3Cl)OC2=O)ccc1OC(=O)c1ccc2c(c1)OCO2. The Bertz CT molecular complexity index is 1430. The lowest BCUT2D eigenvalue weighted by molar-refractivity contribution is -0.129. The second-order valence-electron chi connectivity index (χ2n) is 7.33. The van der Waals surface area contributed by atoms with E-state index in [9.17, 15) is 9.59 Å². The Labute approximate surface area is 209 Å². The van der Waals surface area contributed by atoms with E-state index in [1.807, 2.05) is 0 Å². The molecule has 0 unspecified atom stereocenters. The molecular formula is C25H15Cl2NO7. The number of hydrogen-bond acceptors (Lipinski definition) is 8. The van der Waals surface area contributed by atoms with E-state index in [1.54, 1.807) is 48.5 Å². The van der Waals surface area contributed by atoms with Crippen molar-refractivity contribution in [1.82, 2.24) is 0 Å². The minimum absolute atomic E-state index is 0.0678. The van der Waals surface area contributed by atoms with Gasteiger partial charge in [0.1, 0.15) is 0 Å². The Balaban J connectivity index is 1.37. The van der Waals surface area contributed by atoms with E-state index in [2.05, 4.69) is 4.99 Å². The number of halogens is 2. The minimum atomic E-state index is -0.636. The largest absolute Gasteiger partial charge is 0.493 e. The molecule has 0 spiro atoms. The van der Waals surface area contributed by atoms with E-state index in [0.29, 0.717) is 38.2 Å². The Kier molecular flexibility index (Phi) is 6.07. The van der Waals surface area contributed by atoms with Crippen LogP contribution in [0.4, 0.5) is 0 Å². The van der Waals surface area contributed by atoms with Crippen LogP contribution in [0.1, 0.15) is 21.5 Å². The summed E-state index contributed by atoms with van der Waals surface area (Å²) in [6.07, 6.45) is 1.52. The monoisotopic (exact) mass is 511 g/mol. The number of carbonyl (C=O) groups is 2. The molecular weight excluding hydrogens is 497 g/mol. The van der Waals surface area contributed by atoms with Gasteiger partial charge in [-0.25, -0.2) is 14.6 Å². The zero-order chi connectivity index (χ0) is 24.5. The van der Waals surface area contributed by atoms with Crippen LogP contribution in [0, 0.1) is 0 Å². The summed E-state index contributed by atoms with van der Waals surface area (Å²) in [6.45, 7) is 0.102. The van der Waals surface area contributed by atoms with Gasteiger partial charge in [-0.1, -0.05) is 29.3 Å². The van der Waals surface area contributed by atoms with Crippen LogP contribution in [0.3, 0.4) is 0 Å². The molecule has 8 nitrogen and oxygen atoms in total. The molecule has 0 aromatic heterocycles. The van der Waals surface area contributed by atoms with Gasteiger partial charge in [-0.05, 0) is 60.2 Å². The number of aliphatic imine (C=N–C) groups is 1. The van der Waals surface area contributed by atoms with Crippen molar-refractivity contribution in [3.05, 3.63) is 87.0 Å². The summed E-state index contributed by atoms with van der Waals surface area (Å²) in [5.41, 5.74) is 1.37. The number of carbonyl (C=O) groups excluding carboxylic acids is 2. The molecule has 5 rings (SSSR count). The zero-order valence-electron chi connectivity index (χ0n) is 18.0. The highest BCUT2D eigenvalue weighted by molar-refractivity contribution is 6.37. The molecule has 0 amide bonds. The predicted molar refractivity (Wildman–Crippen MR) is 128 cm³/mol. The molecule has 0 saturated carbocycles. The van der Waals surface area contributed by atoms with Crippen molar-refractivity contribution in [2.45, 2.75) is 0 Å². The van der Waals surface area contributed by atoms with Gasteiger partial charge in [0.25, 0.3) is 0 Å². The smallest absolute Gasteiger partial charge is 0.363 e. The first-order valence-corrected chi connectivity index (χ1v) is 10.9. The second-order valence-corrected chi connectivity index (χ2v) is 8.17. The topological polar surface area (TPSA) is 92.7 Å². The van der Waals surface area contributed by atoms with Crippen molar-refractivity contribution in [2.75, 3.05) is 13.9 Å². The average Bonchev–Trinajstić information content (AvgIpc) is 3.45. The molecule has 10 heteroatoms. The van der Waals surface area contributed by atoms with Gasteiger partial charge in [0.05, 0.1) is 23.3 Å². The van der Waals surface area contributed by atoms with Crippen molar-refractivity contribution in [3.63, 3.8) is 0 Å². The molecule has 0 radical (unpaired) electrons. The molecule has 3 aromatic rings. The number of fused-ring (bicyclic) bond motifs is 1. The first-order valence-electron chi connectivity index (χ1n) is 10.2. The van der Waals surface area contributed by atoms with Crippen molar-refractivity contribution < 1.29 is 33.3 Å². The Morgan fingerprint density at radius 3 is 2.63 bits per heavy atom. The van der Waals surface area contributed by atoms with E-state index in [4.69, 9.17) is 46.9 Å². The summed E-state index contributed by atoms with van der Waals surface area (Å²) in [5, 5.41) is 0.756. The quantitative estimate of drug-likeness (QED) is 0.261. The second kappa shape index (κ2) is 9.32. The lowest BCUT2D eigenvalue weighted by Crippen LogP contribution is -2.09. The average molecular weight is 512 g/mol. The van der Waals surface area contributed by atoms with E-state index < -0.39 is 11.9 Å². The van der Waals surface area contributed by atoms with Crippen LogP contribution < -0.4 is 18.9 Å². The highest BCUT2D eigenvalue weighted by atomic mass is 35.5. The van der Waals surface area contributed by atoms with Gasteiger partial charge < -0.3 is 23.7 Å². The van der Waals surface area contributed by atoms with Crippen molar-refractivity contribution in [2.24, 2.45) is 4.99 Å². The molecule has 0 saturated heterocycles. The lowest BCUT2D eigenvalue weighted by atomic mass is 10.1. The fourth-order valence-corrected chi connectivity index (χ4v) is 3.88. The molecule has 3 aromatic carbocycles. The summed E-state index contributed by atoms with van der Waals surface area (Å²) < 4.78 is 26.7. The van der Waals surface area contributed by atoms with Crippen LogP contribution in [0.5, 0.6) is 23.0 Å². The fraction of sp³-hybridized carbons (Fsp3) is 0.0800. The maximum absolute atomic E-state index is 12.6. The van der Waals surface area contributed by atoms with Crippen LogP contribution in [0.2, 0.25) is 10.0 Å². The van der Waals surface area contributed by atoms with Gasteiger partial charge >= 0.3 is 11.9 Å². The van der Waals surface area contributed by atoms with E-state index in [0.717, 1.165) is 0 Å². The number of ether oxygens (including phenoxy) is 5. The fourth-order valence-electron chi connectivity index (χ4n) is 3.39. The standard InChI is InChI=1S/C25H15Cl2NO7/c1-31-21-9-13(8-18-25(30)35-23(28-18)16-5-4-15(26)11-17(16)27)2-6-20(21)34-24(29)14-3-7-19-22(10-14)33-12-32-19/h2-11H,12H2,1H3. The van der Waals surface area contributed by atoms with Gasteiger partial charge in [-0.15, -0.1) is 0 Å². The first-order chi connectivity index (χ1) is 16.9. The lowest BCUT2D eigenvalue weighted by Gasteiger charge is -2.10. The molecule has 35 heavy (non-hydrogen) atoms. The molecule has 0 fully saturated rings. The highest BCUT2D eigenvalue weighted by Crippen LogP contribution is 2.34. The van der Waals surface area contributed by atoms with Gasteiger partial charge in [-0.3, -0.25) is 0 Å². The van der Waals surface area contributed by atoms with E-state index in [1.165, 1.54) is 19.3 Å². The first kappa shape index (κ1) is 22.8. The molecule has 2 heterocycles. The summed E-state index contributed by atoms with van der Waals surface area (Å²) in [7, 11) is 1.44. The van der Waals surface area contributed by atoms with Crippen LogP contribution >= 0.6 is 23.2 Å². The molecule has 0 N–H and O–H groups in total. The van der Waals surface area contributed by atoms with Gasteiger partial charge in [0, 0.05) is 5.02 Å². The van der Waals surface area contributed by atoms with Gasteiger partial charge in [0.15, 0.2) is 28.7 Å². The zero-order valence-corrected chi connectivity index (χ0v) is 19.6. The maximum Gasteiger partial charge on any atom is 0.363 e. The Hall–Kier alpha value is -4.01. The highest BCUT2D eigenvalue weighted by Gasteiger charge is 2.26. The number of methoxy groups -OCH3 is 1. The minimum Gasteiger partial charge on any atom is -0.493 e. The number of nitrogens with zero attached hydrogens (tertiary/aromatic N) is 1. The molecule has 2 aliphatic rings. The van der Waals surface area contributed by atoms with E-state index >= 15 is 0 Å². The molecule has 0 bridgehead atoms. The van der Waals surface area contributed by atoms with Gasteiger partial charge in [-0.2, -0.15) is 0 Å². The molecule has 176 valence electrons. The number of esters is 2. The predicted octanol–water partition coefficient (Wildman–Crippen LogP) is 5.29. The third-order valence-corrected chi connectivity index (χ3v) is 5.63. The van der Waals surface area contributed by atoms with Gasteiger partial charge in [0.2, 0.25) is 12.7 Å². The van der Waals surface area contributed by atoms with Crippen molar-refractivity contribution in [1.29, 1.82) is 0 Å². The summed E-state index contributed by atoms with van der Waals surface area (Å²) in [4.78, 5) is 29.2. The summed E-state index contributed by atoms with van der Waals surface area (Å²) in [5.74, 6) is 0.351.